The number of aryl methyl sites for hydroxylation is 1. The maximum Gasteiger partial charge on any atom is 0.0991 e. The molecule has 1 aliphatic rings. The second-order valence-corrected chi connectivity index (χ2v) is 5.29. The van der Waals surface area contributed by atoms with Crippen molar-refractivity contribution >= 4 is 17.4 Å². The Hall–Kier alpha value is -1.14. The summed E-state index contributed by atoms with van der Waals surface area (Å²) in [6.07, 6.45) is 1.25. The molecule has 0 amide bonds. The van der Waals surface area contributed by atoms with Gasteiger partial charge in [0.1, 0.15) is 0 Å². The van der Waals surface area contributed by atoms with Crippen molar-refractivity contribution in [2.45, 2.75) is 13.3 Å². The van der Waals surface area contributed by atoms with Crippen molar-refractivity contribution in [3.63, 3.8) is 0 Å². The van der Waals surface area contributed by atoms with Crippen LogP contribution in [0, 0.1) is 18.3 Å². The monoisotopic (exact) mass is 232 g/mol. The predicted molar refractivity (Wildman–Crippen MR) is 70.0 cm³/mol. The summed E-state index contributed by atoms with van der Waals surface area (Å²) >= 11 is 2.03. The molecule has 1 aliphatic heterocycles. The van der Waals surface area contributed by atoms with Gasteiger partial charge >= 0.3 is 0 Å². The molecule has 1 heterocycles. The Balaban J connectivity index is 2.22. The van der Waals surface area contributed by atoms with Crippen LogP contribution in [0.5, 0.6) is 0 Å². The van der Waals surface area contributed by atoms with Crippen molar-refractivity contribution < 1.29 is 0 Å². The van der Waals surface area contributed by atoms with Gasteiger partial charge in [-0.25, -0.2) is 0 Å². The minimum Gasteiger partial charge on any atom is -0.370 e. The van der Waals surface area contributed by atoms with Gasteiger partial charge < -0.3 is 4.90 Å². The molecule has 2 nitrogen and oxygen atoms in total. The van der Waals surface area contributed by atoms with Gasteiger partial charge in [0.15, 0.2) is 0 Å². The summed E-state index contributed by atoms with van der Waals surface area (Å²) in [5, 5.41) is 8.84. The van der Waals surface area contributed by atoms with E-state index in [1.807, 2.05) is 23.9 Å². The van der Waals surface area contributed by atoms with E-state index in [2.05, 4.69) is 24.0 Å². The fourth-order valence-corrected chi connectivity index (χ4v) is 2.95. The van der Waals surface area contributed by atoms with E-state index in [1.165, 1.54) is 29.2 Å². The molecule has 1 aromatic rings. The van der Waals surface area contributed by atoms with Gasteiger partial charge in [-0.05, 0) is 42.9 Å². The van der Waals surface area contributed by atoms with Crippen molar-refractivity contribution in [2.75, 3.05) is 29.5 Å². The topological polar surface area (TPSA) is 27.0 Å². The van der Waals surface area contributed by atoms with Crippen LogP contribution in [0.15, 0.2) is 18.2 Å². The standard InChI is InChI=1S/C13H16N2S/c1-11-9-12(10-14)3-4-13(11)15-5-2-7-16-8-6-15/h3-4,9H,2,5-8H2,1H3. The number of nitrogens with zero attached hydrogens (tertiary/aromatic N) is 2. The molecule has 0 N–H and O–H groups in total. The molecule has 0 spiro atoms. The molecule has 2 rings (SSSR count). The molecule has 0 saturated carbocycles. The lowest BCUT2D eigenvalue weighted by Gasteiger charge is -2.24. The van der Waals surface area contributed by atoms with Crippen LogP contribution in [-0.2, 0) is 0 Å². The Labute approximate surface area is 101 Å². The summed E-state index contributed by atoms with van der Waals surface area (Å²) in [4.78, 5) is 2.44. The number of anilines is 1. The maximum absolute atomic E-state index is 8.84. The maximum atomic E-state index is 8.84. The number of benzene rings is 1. The molecule has 1 aromatic carbocycles. The highest BCUT2D eigenvalue weighted by molar-refractivity contribution is 7.99. The van der Waals surface area contributed by atoms with E-state index in [0.717, 1.165) is 18.7 Å². The van der Waals surface area contributed by atoms with Gasteiger partial charge in [0, 0.05) is 24.5 Å². The smallest absolute Gasteiger partial charge is 0.0991 e. The molecule has 3 heteroatoms. The number of thioether (sulfide) groups is 1. The average Bonchev–Trinajstić information content (AvgIpc) is 2.57. The third-order valence-corrected chi connectivity index (χ3v) is 3.94. The van der Waals surface area contributed by atoms with Gasteiger partial charge in [0.05, 0.1) is 11.6 Å². The molecule has 0 unspecified atom stereocenters. The molecular formula is C13H16N2S. The van der Waals surface area contributed by atoms with Crippen molar-refractivity contribution in [3.05, 3.63) is 29.3 Å². The molecule has 84 valence electrons. The first-order valence-corrected chi connectivity index (χ1v) is 6.80. The first-order valence-electron chi connectivity index (χ1n) is 5.65. The highest BCUT2D eigenvalue weighted by Crippen LogP contribution is 2.23. The lowest BCUT2D eigenvalue weighted by molar-refractivity contribution is 0.813. The number of nitriles is 1. The van der Waals surface area contributed by atoms with Gasteiger partial charge in [-0.3, -0.25) is 0 Å². The molecule has 1 saturated heterocycles. The predicted octanol–water partition coefficient (Wildman–Crippen LogP) is 2.81. The lowest BCUT2D eigenvalue weighted by Crippen LogP contribution is -2.26. The van der Waals surface area contributed by atoms with E-state index in [0.29, 0.717) is 0 Å². The van der Waals surface area contributed by atoms with Crippen LogP contribution in [0.1, 0.15) is 17.5 Å². The fraction of sp³-hybridized carbons (Fsp3) is 0.462. The Bertz CT molecular complexity index is 401. The number of rotatable bonds is 1. The summed E-state index contributed by atoms with van der Waals surface area (Å²) in [7, 11) is 0. The molecule has 0 aliphatic carbocycles. The SMILES string of the molecule is Cc1cc(C#N)ccc1N1CCCSCC1. The zero-order valence-electron chi connectivity index (χ0n) is 9.57. The second kappa shape index (κ2) is 5.27. The first kappa shape index (κ1) is 11.3. The Morgan fingerprint density at radius 1 is 1.31 bits per heavy atom. The quantitative estimate of drug-likeness (QED) is 0.745. The van der Waals surface area contributed by atoms with Crippen LogP contribution >= 0.6 is 11.8 Å². The number of hydrogen-bond acceptors (Lipinski definition) is 3. The van der Waals surface area contributed by atoms with E-state index in [1.54, 1.807) is 0 Å². The Morgan fingerprint density at radius 2 is 2.19 bits per heavy atom. The summed E-state index contributed by atoms with van der Waals surface area (Å²) in [6.45, 7) is 4.35. The van der Waals surface area contributed by atoms with Crippen LogP contribution in [0.25, 0.3) is 0 Å². The average molecular weight is 232 g/mol. The largest absolute Gasteiger partial charge is 0.370 e. The minimum absolute atomic E-state index is 0.755. The van der Waals surface area contributed by atoms with Crippen molar-refractivity contribution in [1.82, 2.24) is 0 Å². The Kier molecular flexibility index (Phi) is 3.74. The van der Waals surface area contributed by atoms with Gasteiger partial charge in [0.2, 0.25) is 0 Å². The van der Waals surface area contributed by atoms with Crippen molar-refractivity contribution in [1.29, 1.82) is 5.26 Å². The summed E-state index contributed by atoms with van der Waals surface area (Å²) in [5.41, 5.74) is 3.26. The van der Waals surface area contributed by atoms with Crippen LogP contribution in [0.3, 0.4) is 0 Å². The third-order valence-electron chi connectivity index (χ3n) is 2.89. The van der Waals surface area contributed by atoms with Crippen LogP contribution < -0.4 is 4.90 Å². The zero-order chi connectivity index (χ0) is 11.4. The fourth-order valence-electron chi connectivity index (χ4n) is 2.07. The zero-order valence-corrected chi connectivity index (χ0v) is 10.4. The third kappa shape index (κ3) is 2.51. The van der Waals surface area contributed by atoms with E-state index in [4.69, 9.17) is 5.26 Å². The molecule has 1 fully saturated rings. The number of hydrogen-bond donors (Lipinski definition) is 0. The summed E-state index contributed by atoms with van der Waals surface area (Å²) in [6, 6.07) is 8.17. The molecule has 0 aromatic heterocycles. The van der Waals surface area contributed by atoms with Crippen LogP contribution in [-0.4, -0.2) is 24.6 Å². The summed E-state index contributed by atoms with van der Waals surface area (Å²) in [5.74, 6) is 2.48. The van der Waals surface area contributed by atoms with Crippen molar-refractivity contribution in [3.8, 4) is 6.07 Å². The highest BCUT2D eigenvalue weighted by atomic mass is 32.2. The molecule has 0 atom stereocenters. The van der Waals surface area contributed by atoms with E-state index >= 15 is 0 Å². The highest BCUT2D eigenvalue weighted by Gasteiger charge is 2.12. The Morgan fingerprint density at radius 3 is 2.94 bits per heavy atom. The summed E-state index contributed by atoms with van der Waals surface area (Å²) < 4.78 is 0. The molecule has 0 bridgehead atoms. The lowest BCUT2D eigenvalue weighted by atomic mass is 10.1. The van der Waals surface area contributed by atoms with Crippen LogP contribution in [0.2, 0.25) is 0 Å². The van der Waals surface area contributed by atoms with Gasteiger partial charge in [-0.15, -0.1) is 0 Å². The van der Waals surface area contributed by atoms with Gasteiger partial charge in [-0.1, -0.05) is 0 Å². The van der Waals surface area contributed by atoms with Gasteiger partial charge in [0.25, 0.3) is 0 Å². The molecule has 16 heavy (non-hydrogen) atoms. The molecular weight excluding hydrogens is 216 g/mol. The van der Waals surface area contributed by atoms with E-state index in [9.17, 15) is 0 Å². The van der Waals surface area contributed by atoms with Crippen molar-refractivity contribution in [2.24, 2.45) is 0 Å². The second-order valence-electron chi connectivity index (χ2n) is 4.07. The van der Waals surface area contributed by atoms with Gasteiger partial charge in [-0.2, -0.15) is 17.0 Å². The molecule has 0 radical (unpaired) electrons. The minimum atomic E-state index is 0.755. The van der Waals surface area contributed by atoms with E-state index < -0.39 is 0 Å². The van der Waals surface area contributed by atoms with Crippen LogP contribution in [0.4, 0.5) is 5.69 Å². The first-order chi connectivity index (χ1) is 7.81. The van der Waals surface area contributed by atoms with E-state index in [-0.39, 0.29) is 0 Å². The normalized spacial score (nSPS) is 16.6.